The summed E-state index contributed by atoms with van der Waals surface area (Å²) in [5.41, 5.74) is 2.65. The van der Waals surface area contributed by atoms with Crippen LogP contribution >= 0.6 is 0 Å². The summed E-state index contributed by atoms with van der Waals surface area (Å²) < 4.78 is 12.6. The lowest BCUT2D eigenvalue weighted by Gasteiger charge is -2.34. The molecule has 3 aliphatic heterocycles. The summed E-state index contributed by atoms with van der Waals surface area (Å²) >= 11 is 0. The highest BCUT2D eigenvalue weighted by Gasteiger charge is 2.27. The van der Waals surface area contributed by atoms with Gasteiger partial charge in [0, 0.05) is 38.8 Å². The van der Waals surface area contributed by atoms with Crippen molar-refractivity contribution in [3.8, 4) is 11.5 Å². The largest absolute Gasteiger partial charge is 0.454 e. The van der Waals surface area contributed by atoms with E-state index in [-0.39, 0.29) is 18.6 Å². The molecule has 156 valence electrons. The molecule has 0 atom stereocenters. The summed E-state index contributed by atoms with van der Waals surface area (Å²) in [6.45, 7) is 3.24. The highest BCUT2D eigenvalue weighted by Crippen LogP contribution is 2.32. The molecule has 0 spiro atoms. The van der Waals surface area contributed by atoms with Crippen LogP contribution in [-0.2, 0) is 17.8 Å². The number of fused-ring (bicyclic) bond motifs is 2. The zero-order chi connectivity index (χ0) is 20.5. The van der Waals surface area contributed by atoms with Crippen LogP contribution in [0.15, 0.2) is 30.5 Å². The van der Waals surface area contributed by atoms with E-state index in [4.69, 9.17) is 9.47 Å². The van der Waals surface area contributed by atoms with Crippen LogP contribution in [0.25, 0.3) is 6.08 Å². The van der Waals surface area contributed by atoms with Crippen LogP contribution in [0, 0.1) is 0 Å². The lowest BCUT2D eigenvalue weighted by atomic mass is 10.1. The minimum absolute atomic E-state index is 0.0288. The van der Waals surface area contributed by atoms with Gasteiger partial charge in [-0.3, -0.25) is 14.3 Å². The lowest BCUT2D eigenvalue weighted by Crippen LogP contribution is -2.50. The Morgan fingerprint density at radius 2 is 1.77 bits per heavy atom. The summed E-state index contributed by atoms with van der Waals surface area (Å²) in [6.07, 6.45) is 8.18. The van der Waals surface area contributed by atoms with Gasteiger partial charge >= 0.3 is 0 Å². The quantitative estimate of drug-likeness (QED) is 0.726. The zero-order valence-electron chi connectivity index (χ0n) is 16.7. The van der Waals surface area contributed by atoms with Gasteiger partial charge in [-0.1, -0.05) is 6.07 Å². The first-order chi connectivity index (χ1) is 14.7. The van der Waals surface area contributed by atoms with Gasteiger partial charge in [-0.2, -0.15) is 5.10 Å². The fraction of sp³-hybridized carbons (Fsp3) is 0.409. The molecule has 0 unspecified atom stereocenters. The number of nitrogens with zero attached hydrogens (tertiary/aromatic N) is 4. The van der Waals surface area contributed by atoms with Gasteiger partial charge in [0.05, 0.1) is 17.5 Å². The van der Waals surface area contributed by atoms with Gasteiger partial charge in [0.1, 0.15) is 0 Å². The van der Waals surface area contributed by atoms with Gasteiger partial charge < -0.3 is 19.3 Å². The Balaban J connectivity index is 1.18. The van der Waals surface area contributed by atoms with E-state index < -0.39 is 0 Å². The molecule has 8 nitrogen and oxygen atoms in total. The average Bonchev–Trinajstić information content (AvgIpc) is 3.43. The van der Waals surface area contributed by atoms with E-state index in [0.717, 1.165) is 48.4 Å². The SMILES string of the molecule is O=C(/C=C/c1ccc2c(c1)OCO2)N1CCN(C(=O)c2cnn3c2CCCC3)CC1. The summed E-state index contributed by atoms with van der Waals surface area (Å²) in [6, 6.07) is 5.59. The molecular formula is C22H24N4O4. The molecule has 3 aliphatic rings. The number of rotatable bonds is 3. The number of hydrogen-bond acceptors (Lipinski definition) is 5. The van der Waals surface area contributed by atoms with Gasteiger partial charge in [-0.25, -0.2) is 0 Å². The molecular weight excluding hydrogens is 384 g/mol. The molecule has 2 amide bonds. The van der Waals surface area contributed by atoms with Gasteiger partial charge in [0.25, 0.3) is 5.91 Å². The van der Waals surface area contributed by atoms with E-state index in [1.54, 1.807) is 23.2 Å². The highest BCUT2D eigenvalue weighted by atomic mass is 16.7. The number of carbonyl (C=O) groups excluding carboxylic acids is 2. The second-order valence-corrected chi connectivity index (χ2v) is 7.75. The molecule has 1 saturated heterocycles. The number of benzene rings is 1. The van der Waals surface area contributed by atoms with Gasteiger partial charge in [-0.05, 0) is 43.0 Å². The van der Waals surface area contributed by atoms with Crippen LogP contribution in [0.3, 0.4) is 0 Å². The molecule has 8 heteroatoms. The normalized spacial score (nSPS) is 18.0. The standard InChI is InChI=1S/C22H24N4O4/c27-21(7-5-16-4-6-19-20(13-16)30-15-29-19)24-9-11-25(12-10-24)22(28)17-14-23-26-8-2-1-3-18(17)26/h4-7,13-14H,1-3,8-12,15H2/b7-5+. The lowest BCUT2D eigenvalue weighted by molar-refractivity contribution is -0.127. The van der Waals surface area contributed by atoms with Crippen LogP contribution in [-0.4, -0.2) is 64.4 Å². The first-order valence-electron chi connectivity index (χ1n) is 10.4. The molecule has 1 aromatic heterocycles. The Morgan fingerprint density at radius 3 is 2.63 bits per heavy atom. The maximum absolute atomic E-state index is 12.9. The maximum Gasteiger partial charge on any atom is 0.257 e. The number of carbonyl (C=O) groups is 2. The molecule has 2 aromatic rings. The van der Waals surface area contributed by atoms with Crippen molar-refractivity contribution >= 4 is 17.9 Å². The second kappa shape index (κ2) is 7.85. The third-order valence-electron chi connectivity index (χ3n) is 5.91. The molecule has 0 bridgehead atoms. The second-order valence-electron chi connectivity index (χ2n) is 7.75. The Kier molecular flexibility index (Phi) is 4.90. The summed E-state index contributed by atoms with van der Waals surface area (Å²) in [4.78, 5) is 29.1. The Bertz CT molecular complexity index is 1000. The first-order valence-corrected chi connectivity index (χ1v) is 10.4. The van der Waals surface area contributed by atoms with Crippen LogP contribution in [0.2, 0.25) is 0 Å². The van der Waals surface area contributed by atoms with Crippen molar-refractivity contribution in [3.05, 3.63) is 47.3 Å². The molecule has 5 rings (SSSR count). The third kappa shape index (κ3) is 3.53. The summed E-state index contributed by atoms with van der Waals surface area (Å²) in [5.74, 6) is 1.39. The molecule has 0 saturated carbocycles. The first kappa shape index (κ1) is 18.7. The monoisotopic (exact) mass is 408 g/mol. The van der Waals surface area contributed by atoms with Gasteiger partial charge in [0.15, 0.2) is 11.5 Å². The van der Waals surface area contributed by atoms with Crippen molar-refractivity contribution in [2.24, 2.45) is 0 Å². The van der Waals surface area contributed by atoms with E-state index in [1.807, 2.05) is 27.8 Å². The van der Waals surface area contributed by atoms with Gasteiger partial charge in [0.2, 0.25) is 12.7 Å². The predicted octanol–water partition coefficient (Wildman–Crippen LogP) is 1.95. The molecule has 0 N–H and O–H groups in total. The fourth-order valence-electron chi connectivity index (χ4n) is 4.19. The van der Waals surface area contributed by atoms with Crippen molar-refractivity contribution in [1.82, 2.24) is 19.6 Å². The van der Waals surface area contributed by atoms with Crippen molar-refractivity contribution < 1.29 is 19.1 Å². The minimum Gasteiger partial charge on any atom is -0.454 e. The molecule has 1 aromatic carbocycles. The molecule has 0 radical (unpaired) electrons. The predicted molar refractivity (Wildman–Crippen MR) is 109 cm³/mol. The van der Waals surface area contributed by atoms with E-state index in [2.05, 4.69) is 5.10 Å². The van der Waals surface area contributed by atoms with E-state index >= 15 is 0 Å². The number of piperazine rings is 1. The average molecular weight is 408 g/mol. The van der Waals surface area contributed by atoms with E-state index in [0.29, 0.717) is 31.9 Å². The Hall–Kier alpha value is -3.29. The van der Waals surface area contributed by atoms with E-state index in [1.165, 1.54) is 0 Å². The number of aryl methyl sites for hydroxylation is 1. The van der Waals surface area contributed by atoms with Crippen molar-refractivity contribution in [1.29, 1.82) is 0 Å². The maximum atomic E-state index is 12.9. The van der Waals surface area contributed by atoms with E-state index in [9.17, 15) is 9.59 Å². The van der Waals surface area contributed by atoms with Crippen LogP contribution < -0.4 is 9.47 Å². The molecule has 0 aliphatic carbocycles. The van der Waals surface area contributed by atoms with Crippen molar-refractivity contribution in [2.45, 2.75) is 25.8 Å². The Morgan fingerprint density at radius 1 is 0.967 bits per heavy atom. The van der Waals surface area contributed by atoms with Crippen molar-refractivity contribution in [2.75, 3.05) is 33.0 Å². The van der Waals surface area contributed by atoms with Crippen molar-refractivity contribution in [3.63, 3.8) is 0 Å². The van der Waals surface area contributed by atoms with Crippen LogP contribution in [0.4, 0.5) is 0 Å². The zero-order valence-corrected chi connectivity index (χ0v) is 16.7. The minimum atomic E-state index is -0.0531. The van der Waals surface area contributed by atoms with Gasteiger partial charge in [-0.15, -0.1) is 0 Å². The highest BCUT2D eigenvalue weighted by molar-refractivity contribution is 5.96. The molecule has 30 heavy (non-hydrogen) atoms. The number of amides is 2. The molecule has 1 fully saturated rings. The topological polar surface area (TPSA) is 76.9 Å². The Labute approximate surface area is 174 Å². The molecule has 4 heterocycles. The summed E-state index contributed by atoms with van der Waals surface area (Å²) in [7, 11) is 0. The summed E-state index contributed by atoms with van der Waals surface area (Å²) in [5, 5.41) is 4.37. The fourth-order valence-corrected chi connectivity index (χ4v) is 4.19. The number of ether oxygens (including phenoxy) is 2. The van der Waals surface area contributed by atoms with Crippen LogP contribution in [0.5, 0.6) is 11.5 Å². The smallest absolute Gasteiger partial charge is 0.257 e. The number of hydrogen-bond donors (Lipinski definition) is 0. The van der Waals surface area contributed by atoms with Crippen LogP contribution in [0.1, 0.15) is 34.5 Å². The number of aromatic nitrogens is 2. The third-order valence-corrected chi connectivity index (χ3v) is 5.91.